The Balaban J connectivity index is 1.97. The molecule has 2 aromatic carbocycles. The van der Waals surface area contributed by atoms with Crippen molar-refractivity contribution in [1.82, 2.24) is 9.55 Å². The smallest absolute Gasteiger partial charge is 0.421 e. The highest BCUT2D eigenvalue weighted by Crippen LogP contribution is 2.28. The van der Waals surface area contributed by atoms with Gasteiger partial charge in [0.05, 0.1) is 11.9 Å². The molecule has 7 nitrogen and oxygen atoms in total. The molecule has 0 aliphatic rings. The Bertz CT molecular complexity index is 1090. The van der Waals surface area contributed by atoms with Gasteiger partial charge >= 0.3 is 12.2 Å². The molecule has 0 aliphatic heterocycles. The quantitative estimate of drug-likeness (QED) is 0.518. The number of nitrogens with zero attached hydrogens (tertiary/aromatic N) is 2. The van der Waals surface area contributed by atoms with Crippen LogP contribution in [0, 0.1) is 0 Å². The molecule has 1 N–H and O–H groups in total. The van der Waals surface area contributed by atoms with Crippen molar-refractivity contribution in [2.75, 3.05) is 5.32 Å². The van der Waals surface area contributed by atoms with Gasteiger partial charge in [-0.3, -0.25) is 5.32 Å². The maximum atomic E-state index is 13.0. The number of anilines is 1. The minimum absolute atomic E-state index is 0.0237. The van der Waals surface area contributed by atoms with Crippen LogP contribution in [-0.2, 0) is 9.47 Å². The van der Waals surface area contributed by atoms with E-state index >= 15 is 0 Å². The van der Waals surface area contributed by atoms with Gasteiger partial charge in [-0.25, -0.2) is 19.1 Å². The van der Waals surface area contributed by atoms with Crippen molar-refractivity contribution in [3.05, 3.63) is 60.8 Å². The summed E-state index contributed by atoms with van der Waals surface area (Å²) in [4.78, 5) is 29.5. The number of rotatable bonds is 3. The van der Waals surface area contributed by atoms with E-state index in [-0.39, 0.29) is 5.95 Å². The van der Waals surface area contributed by atoms with E-state index in [4.69, 9.17) is 9.47 Å². The van der Waals surface area contributed by atoms with E-state index in [2.05, 4.69) is 10.3 Å². The highest BCUT2D eigenvalue weighted by atomic mass is 16.6. The average Bonchev–Trinajstić information content (AvgIpc) is 3.09. The van der Waals surface area contributed by atoms with E-state index in [0.29, 0.717) is 5.69 Å². The number of nitrogens with one attached hydrogen (secondary N) is 1. The molecule has 168 valence electrons. The standard InChI is InChI=1S/C25H29N3O4/c1-24(2,3)31-22(29)27-21-26-16-20(28(21)23(30)32-25(4,5)6)19-14-12-18(13-15-19)17-10-8-7-9-11-17/h7-16H,1-6H3,(H,26,27,29). The second-order valence-electron chi connectivity index (χ2n) is 9.35. The van der Waals surface area contributed by atoms with Crippen molar-refractivity contribution in [3.63, 3.8) is 0 Å². The summed E-state index contributed by atoms with van der Waals surface area (Å²) < 4.78 is 12.1. The summed E-state index contributed by atoms with van der Waals surface area (Å²) in [5.41, 5.74) is 1.96. The van der Waals surface area contributed by atoms with Crippen LogP contribution in [0.3, 0.4) is 0 Å². The maximum Gasteiger partial charge on any atom is 0.421 e. The molecule has 1 aromatic heterocycles. The Hall–Kier alpha value is -3.61. The van der Waals surface area contributed by atoms with Crippen molar-refractivity contribution in [3.8, 4) is 22.4 Å². The summed E-state index contributed by atoms with van der Waals surface area (Å²) in [5.74, 6) is 0.0237. The van der Waals surface area contributed by atoms with Crippen LogP contribution in [0.4, 0.5) is 15.5 Å². The van der Waals surface area contributed by atoms with Crippen LogP contribution in [0.5, 0.6) is 0 Å². The van der Waals surface area contributed by atoms with Gasteiger partial charge in [-0.1, -0.05) is 54.6 Å². The number of benzene rings is 2. The zero-order valence-corrected chi connectivity index (χ0v) is 19.3. The Kier molecular flexibility index (Phi) is 6.39. The Morgan fingerprint density at radius 2 is 1.31 bits per heavy atom. The first-order valence-electron chi connectivity index (χ1n) is 10.4. The fraction of sp³-hybridized carbons (Fsp3) is 0.320. The zero-order chi connectivity index (χ0) is 23.5. The molecular formula is C25H29N3O4. The number of carbonyl (C=O) groups excluding carboxylic acids is 2. The fourth-order valence-electron chi connectivity index (χ4n) is 2.99. The zero-order valence-electron chi connectivity index (χ0n) is 19.3. The lowest BCUT2D eigenvalue weighted by Gasteiger charge is -2.22. The molecule has 0 saturated carbocycles. The number of imidazole rings is 1. The highest BCUT2D eigenvalue weighted by Gasteiger charge is 2.26. The minimum atomic E-state index is -0.723. The molecule has 32 heavy (non-hydrogen) atoms. The third-order valence-corrected chi connectivity index (χ3v) is 4.24. The SMILES string of the molecule is CC(C)(C)OC(=O)Nc1ncc(-c2ccc(-c3ccccc3)cc2)n1C(=O)OC(C)(C)C. The van der Waals surface area contributed by atoms with E-state index in [1.54, 1.807) is 41.5 Å². The molecule has 0 bridgehead atoms. The molecule has 1 heterocycles. The average molecular weight is 436 g/mol. The number of amides is 1. The third-order valence-electron chi connectivity index (χ3n) is 4.24. The first-order valence-corrected chi connectivity index (χ1v) is 10.4. The summed E-state index contributed by atoms with van der Waals surface area (Å²) in [7, 11) is 0. The lowest BCUT2D eigenvalue weighted by Crippen LogP contribution is -2.31. The molecule has 1 amide bonds. The van der Waals surface area contributed by atoms with Crippen molar-refractivity contribution in [2.45, 2.75) is 52.7 Å². The number of hydrogen-bond acceptors (Lipinski definition) is 5. The molecule has 0 radical (unpaired) electrons. The van der Waals surface area contributed by atoms with Crippen molar-refractivity contribution >= 4 is 18.1 Å². The van der Waals surface area contributed by atoms with Gasteiger partial charge in [-0.05, 0) is 52.7 Å². The molecule has 0 atom stereocenters. The monoisotopic (exact) mass is 435 g/mol. The van der Waals surface area contributed by atoms with Gasteiger partial charge in [0.25, 0.3) is 0 Å². The topological polar surface area (TPSA) is 82.5 Å². The lowest BCUT2D eigenvalue weighted by atomic mass is 10.0. The molecule has 0 aliphatic carbocycles. The first kappa shape index (κ1) is 23.1. The van der Waals surface area contributed by atoms with E-state index in [1.165, 1.54) is 10.8 Å². The van der Waals surface area contributed by atoms with Gasteiger partial charge in [-0.2, -0.15) is 0 Å². The minimum Gasteiger partial charge on any atom is -0.444 e. The molecule has 0 saturated heterocycles. The number of aromatic nitrogens is 2. The van der Waals surface area contributed by atoms with E-state index in [1.807, 2.05) is 54.6 Å². The molecule has 0 spiro atoms. The molecule has 0 unspecified atom stereocenters. The van der Waals surface area contributed by atoms with Gasteiger partial charge in [-0.15, -0.1) is 0 Å². The largest absolute Gasteiger partial charge is 0.444 e. The summed E-state index contributed by atoms with van der Waals surface area (Å²) in [6.45, 7) is 10.6. The molecule has 3 rings (SSSR count). The third kappa shape index (κ3) is 5.97. The van der Waals surface area contributed by atoms with E-state index in [0.717, 1.165) is 16.7 Å². The van der Waals surface area contributed by atoms with Crippen LogP contribution in [0.15, 0.2) is 60.8 Å². The summed E-state index contributed by atoms with van der Waals surface area (Å²) in [5, 5.41) is 2.55. The van der Waals surface area contributed by atoms with Crippen LogP contribution in [-0.4, -0.2) is 32.9 Å². The van der Waals surface area contributed by atoms with Crippen LogP contribution < -0.4 is 5.32 Å². The van der Waals surface area contributed by atoms with Crippen molar-refractivity contribution in [1.29, 1.82) is 0 Å². The van der Waals surface area contributed by atoms with Crippen LogP contribution >= 0.6 is 0 Å². The van der Waals surface area contributed by atoms with Crippen LogP contribution in [0.25, 0.3) is 22.4 Å². The van der Waals surface area contributed by atoms with Crippen molar-refractivity contribution in [2.24, 2.45) is 0 Å². The summed E-state index contributed by atoms with van der Waals surface area (Å²) in [6, 6.07) is 17.7. The highest BCUT2D eigenvalue weighted by molar-refractivity contribution is 5.89. The summed E-state index contributed by atoms with van der Waals surface area (Å²) >= 11 is 0. The second kappa shape index (κ2) is 8.86. The molecular weight excluding hydrogens is 406 g/mol. The Morgan fingerprint density at radius 1 is 0.781 bits per heavy atom. The van der Waals surface area contributed by atoms with Gasteiger partial charge in [0.2, 0.25) is 5.95 Å². The Labute approximate surface area is 188 Å². The molecule has 3 aromatic rings. The number of hydrogen-bond donors (Lipinski definition) is 1. The van der Waals surface area contributed by atoms with E-state index in [9.17, 15) is 9.59 Å². The van der Waals surface area contributed by atoms with Crippen LogP contribution in [0.2, 0.25) is 0 Å². The fourth-order valence-corrected chi connectivity index (χ4v) is 2.99. The number of ether oxygens (including phenoxy) is 2. The maximum absolute atomic E-state index is 13.0. The van der Waals surface area contributed by atoms with Gasteiger partial charge in [0, 0.05) is 5.56 Å². The molecule has 7 heteroatoms. The predicted molar refractivity (Wildman–Crippen MR) is 125 cm³/mol. The first-order chi connectivity index (χ1) is 14.9. The van der Waals surface area contributed by atoms with Crippen LogP contribution in [0.1, 0.15) is 41.5 Å². The summed E-state index contributed by atoms with van der Waals surface area (Å²) in [6.07, 6.45) is 0.163. The predicted octanol–water partition coefficient (Wildman–Crippen LogP) is 6.35. The lowest BCUT2D eigenvalue weighted by molar-refractivity contribution is 0.0542. The van der Waals surface area contributed by atoms with Crippen molar-refractivity contribution < 1.29 is 19.1 Å². The van der Waals surface area contributed by atoms with Gasteiger partial charge in [0.1, 0.15) is 11.2 Å². The Morgan fingerprint density at radius 3 is 1.88 bits per heavy atom. The normalized spacial score (nSPS) is 11.7. The van der Waals surface area contributed by atoms with Gasteiger partial charge in [0.15, 0.2) is 0 Å². The number of carbonyl (C=O) groups is 2. The van der Waals surface area contributed by atoms with E-state index < -0.39 is 23.4 Å². The molecule has 0 fully saturated rings. The van der Waals surface area contributed by atoms with Gasteiger partial charge < -0.3 is 9.47 Å². The second-order valence-corrected chi connectivity index (χ2v) is 9.35.